The number of fused-ring (bicyclic) bond motifs is 2. The molecular formula is C16H16O2. The van der Waals surface area contributed by atoms with Crippen molar-refractivity contribution in [3.63, 3.8) is 0 Å². The van der Waals surface area contributed by atoms with Crippen LogP contribution in [-0.2, 0) is 6.42 Å². The molecule has 1 aliphatic carbocycles. The molecule has 0 fully saturated rings. The first-order valence-corrected chi connectivity index (χ1v) is 6.33. The van der Waals surface area contributed by atoms with Crippen molar-refractivity contribution in [2.24, 2.45) is 11.8 Å². The summed E-state index contributed by atoms with van der Waals surface area (Å²) < 4.78 is 5.89. The predicted molar refractivity (Wildman–Crippen MR) is 73.6 cm³/mol. The Morgan fingerprint density at radius 3 is 2.78 bits per heavy atom. The van der Waals surface area contributed by atoms with E-state index < -0.39 is 0 Å². The lowest BCUT2D eigenvalue weighted by Gasteiger charge is -2.28. The third kappa shape index (κ3) is 1.45. The van der Waals surface area contributed by atoms with Crippen LogP contribution in [-0.4, -0.2) is 0 Å². The molecule has 18 heavy (non-hydrogen) atoms. The Morgan fingerprint density at radius 2 is 2.00 bits per heavy atom. The van der Waals surface area contributed by atoms with Crippen LogP contribution in [0.15, 0.2) is 40.1 Å². The Hall–Kier alpha value is -1.83. The standard InChI is InChI=1S/C16H16O2/c1-9-8-14-15(11(3)10(9)2)16(17)12-6-4-5-7-13(12)18-14/h4-7,9-10H,3,8H2,1-2H3/t9-,10+/m1/s1. The average Bonchev–Trinajstić information content (AvgIpc) is 2.36. The summed E-state index contributed by atoms with van der Waals surface area (Å²) in [6.07, 6.45) is 0.815. The van der Waals surface area contributed by atoms with Gasteiger partial charge in [0.25, 0.3) is 0 Å². The maximum atomic E-state index is 12.5. The average molecular weight is 240 g/mol. The van der Waals surface area contributed by atoms with E-state index in [-0.39, 0.29) is 5.43 Å². The van der Waals surface area contributed by atoms with E-state index in [1.54, 1.807) is 0 Å². The first-order valence-electron chi connectivity index (χ1n) is 6.33. The van der Waals surface area contributed by atoms with Gasteiger partial charge in [-0.2, -0.15) is 0 Å². The van der Waals surface area contributed by atoms with Gasteiger partial charge >= 0.3 is 0 Å². The van der Waals surface area contributed by atoms with E-state index in [1.807, 2.05) is 24.3 Å². The van der Waals surface area contributed by atoms with Gasteiger partial charge in [0.05, 0.1) is 10.9 Å². The summed E-state index contributed by atoms with van der Waals surface area (Å²) >= 11 is 0. The van der Waals surface area contributed by atoms with Gasteiger partial charge in [0, 0.05) is 6.42 Å². The first-order chi connectivity index (χ1) is 8.59. The lowest BCUT2D eigenvalue weighted by atomic mass is 9.77. The summed E-state index contributed by atoms with van der Waals surface area (Å²) in [6.45, 7) is 8.40. The zero-order chi connectivity index (χ0) is 12.9. The van der Waals surface area contributed by atoms with Crippen molar-refractivity contribution in [3.05, 3.63) is 52.4 Å². The smallest absolute Gasteiger partial charge is 0.200 e. The summed E-state index contributed by atoms with van der Waals surface area (Å²) in [5.74, 6) is 1.60. The summed E-state index contributed by atoms with van der Waals surface area (Å²) in [6, 6.07) is 7.42. The minimum absolute atomic E-state index is 0.0654. The second-order valence-electron chi connectivity index (χ2n) is 5.22. The van der Waals surface area contributed by atoms with Gasteiger partial charge in [0.1, 0.15) is 11.3 Å². The van der Waals surface area contributed by atoms with Crippen molar-refractivity contribution in [3.8, 4) is 0 Å². The summed E-state index contributed by atoms with van der Waals surface area (Å²) in [7, 11) is 0. The molecule has 1 aromatic heterocycles. The number of hydrogen-bond acceptors (Lipinski definition) is 2. The van der Waals surface area contributed by atoms with Crippen LogP contribution in [0.2, 0.25) is 0 Å². The van der Waals surface area contributed by atoms with E-state index in [9.17, 15) is 4.79 Å². The van der Waals surface area contributed by atoms with Gasteiger partial charge in [-0.3, -0.25) is 4.79 Å². The van der Waals surface area contributed by atoms with Crippen LogP contribution < -0.4 is 5.43 Å². The van der Waals surface area contributed by atoms with Gasteiger partial charge in [-0.1, -0.05) is 32.6 Å². The van der Waals surface area contributed by atoms with Crippen molar-refractivity contribution in [2.75, 3.05) is 0 Å². The van der Waals surface area contributed by atoms with Crippen LogP contribution in [0.1, 0.15) is 25.2 Å². The van der Waals surface area contributed by atoms with E-state index in [2.05, 4.69) is 20.4 Å². The summed E-state index contributed by atoms with van der Waals surface area (Å²) in [5.41, 5.74) is 2.37. The SMILES string of the molecule is C=C1c2c(oc3ccccc3c2=O)C[C@@H](C)[C@@H]1C. The van der Waals surface area contributed by atoms with Gasteiger partial charge in [0.15, 0.2) is 5.43 Å². The van der Waals surface area contributed by atoms with Crippen LogP contribution in [0.4, 0.5) is 0 Å². The van der Waals surface area contributed by atoms with E-state index in [4.69, 9.17) is 4.42 Å². The second kappa shape index (κ2) is 3.84. The molecule has 0 amide bonds. The van der Waals surface area contributed by atoms with Gasteiger partial charge in [-0.15, -0.1) is 0 Å². The van der Waals surface area contributed by atoms with Crippen molar-refractivity contribution < 1.29 is 4.42 Å². The Balaban J connectivity index is 2.38. The van der Waals surface area contributed by atoms with E-state index >= 15 is 0 Å². The Kier molecular flexibility index (Phi) is 2.40. The largest absolute Gasteiger partial charge is 0.460 e. The lowest BCUT2D eigenvalue weighted by Crippen LogP contribution is -2.25. The number of allylic oxidation sites excluding steroid dienone is 1. The highest BCUT2D eigenvalue weighted by Crippen LogP contribution is 2.36. The monoisotopic (exact) mass is 240 g/mol. The summed E-state index contributed by atoms with van der Waals surface area (Å²) in [5, 5.41) is 0.652. The number of hydrogen-bond donors (Lipinski definition) is 0. The molecule has 0 bridgehead atoms. The maximum Gasteiger partial charge on any atom is 0.200 e. The fourth-order valence-corrected chi connectivity index (χ4v) is 2.70. The number of para-hydroxylation sites is 1. The number of rotatable bonds is 0. The van der Waals surface area contributed by atoms with Crippen LogP contribution in [0.3, 0.4) is 0 Å². The molecule has 2 aromatic rings. The first kappa shape index (κ1) is 11.3. The van der Waals surface area contributed by atoms with Gasteiger partial charge in [-0.05, 0) is 29.5 Å². The van der Waals surface area contributed by atoms with E-state index in [0.717, 1.165) is 17.8 Å². The molecule has 0 spiro atoms. The van der Waals surface area contributed by atoms with Gasteiger partial charge in [-0.25, -0.2) is 0 Å². The minimum Gasteiger partial charge on any atom is -0.460 e. The normalized spacial score (nSPS) is 23.1. The quantitative estimate of drug-likeness (QED) is 0.703. The molecule has 2 nitrogen and oxygen atoms in total. The summed E-state index contributed by atoms with van der Waals surface area (Å²) in [4.78, 5) is 12.5. The predicted octanol–water partition coefficient (Wildman–Crippen LogP) is 3.63. The van der Waals surface area contributed by atoms with Gasteiger partial charge < -0.3 is 4.42 Å². The molecule has 0 N–H and O–H groups in total. The molecular weight excluding hydrogens is 224 g/mol. The molecule has 0 unspecified atom stereocenters. The molecule has 1 aliphatic rings. The van der Waals surface area contributed by atoms with Crippen molar-refractivity contribution in [1.29, 1.82) is 0 Å². The lowest BCUT2D eigenvalue weighted by molar-refractivity contribution is 0.397. The third-order valence-electron chi connectivity index (χ3n) is 4.10. The van der Waals surface area contributed by atoms with Gasteiger partial charge in [0.2, 0.25) is 0 Å². The van der Waals surface area contributed by atoms with Crippen molar-refractivity contribution >= 4 is 16.5 Å². The molecule has 0 aliphatic heterocycles. The Labute approximate surface area is 106 Å². The zero-order valence-corrected chi connectivity index (χ0v) is 10.7. The van der Waals surface area contributed by atoms with E-state index in [0.29, 0.717) is 28.4 Å². The van der Waals surface area contributed by atoms with Crippen LogP contribution in [0.25, 0.3) is 16.5 Å². The molecule has 2 atom stereocenters. The Bertz CT molecular complexity index is 694. The minimum atomic E-state index is 0.0654. The molecule has 2 heteroatoms. The Morgan fingerprint density at radius 1 is 1.28 bits per heavy atom. The maximum absolute atomic E-state index is 12.5. The molecule has 1 heterocycles. The van der Waals surface area contributed by atoms with Crippen LogP contribution in [0, 0.1) is 11.8 Å². The molecule has 92 valence electrons. The fourth-order valence-electron chi connectivity index (χ4n) is 2.70. The second-order valence-corrected chi connectivity index (χ2v) is 5.22. The number of benzene rings is 1. The van der Waals surface area contributed by atoms with E-state index in [1.165, 1.54) is 0 Å². The van der Waals surface area contributed by atoms with Crippen LogP contribution in [0.5, 0.6) is 0 Å². The molecule has 0 saturated heterocycles. The molecule has 3 rings (SSSR count). The highest BCUT2D eigenvalue weighted by atomic mass is 16.3. The molecule has 0 saturated carbocycles. The topological polar surface area (TPSA) is 30.2 Å². The highest BCUT2D eigenvalue weighted by Gasteiger charge is 2.29. The molecule has 1 aromatic carbocycles. The van der Waals surface area contributed by atoms with Crippen molar-refractivity contribution in [1.82, 2.24) is 0 Å². The van der Waals surface area contributed by atoms with Crippen LogP contribution >= 0.6 is 0 Å². The fraction of sp³-hybridized carbons (Fsp3) is 0.312. The third-order valence-corrected chi connectivity index (χ3v) is 4.10. The van der Waals surface area contributed by atoms with Crippen molar-refractivity contribution in [2.45, 2.75) is 20.3 Å². The zero-order valence-electron chi connectivity index (χ0n) is 10.7. The highest BCUT2D eigenvalue weighted by molar-refractivity contribution is 5.82. The molecule has 0 radical (unpaired) electrons.